The van der Waals surface area contributed by atoms with Gasteiger partial charge in [0.15, 0.2) is 0 Å². The van der Waals surface area contributed by atoms with E-state index in [0.717, 1.165) is 13.0 Å². The molecule has 0 aromatic heterocycles. The Bertz CT molecular complexity index is 548. The van der Waals surface area contributed by atoms with E-state index in [-0.39, 0.29) is 18.1 Å². The molecule has 0 aliphatic rings. The van der Waals surface area contributed by atoms with Crippen LogP contribution in [0.3, 0.4) is 0 Å². The first-order valence-electron chi connectivity index (χ1n) is 9.42. The van der Waals surface area contributed by atoms with Crippen LogP contribution in [0.2, 0.25) is 0 Å². The van der Waals surface area contributed by atoms with Crippen LogP contribution in [-0.2, 0) is 33.2 Å². The van der Waals surface area contributed by atoms with Gasteiger partial charge >= 0.3 is 0 Å². The summed E-state index contributed by atoms with van der Waals surface area (Å²) in [5, 5.41) is 0. The molecule has 1 aromatic carbocycles. The minimum absolute atomic E-state index is 0.0292. The molecule has 7 nitrogen and oxygen atoms in total. The van der Waals surface area contributed by atoms with Crippen LogP contribution in [0.15, 0.2) is 35.2 Å². The summed E-state index contributed by atoms with van der Waals surface area (Å²) in [6.45, 7) is 6.07. The SMILES string of the molecule is CCCCCOCCOCCOCCOCCOS(=O)(=O)c1ccccc1. The topological polar surface area (TPSA) is 80.3 Å². The Morgan fingerprint density at radius 3 is 1.67 bits per heavy atom. The Kier molecular flexibility index (Phi) is 14.2. The van der Waals surface area contributed by atoms with Crippen LogP contribution in [-0.4, -0.2) is 67.9 Å². The molecule has 0 atom stereocenters. The van der Waals surface area contributed by atoms with Gasteiger partial charge in [0.05, 0.1) is 57.8 Å². The Hall–Kier alpha value is -1.03. The van der Waals surface area contributed by atoms with Crippen LogP contribution in [0, 0.1) is 0 Å². The summed E-state index contributed by atoms with van der Waals surface area (Å²) in [5.74, 6) is 0. The monoisotopic (exact) mass is 404 g/mol. The quantitative estimate of drug-likeness (QED) is 0.275. The smallest absolute Gasteiger partial charge is 0.297 e. The molecule has 0 saturated carbocycles. The van der Waals surface area contributed by atoms with Crippen LogP contribution in [0.4, 0.5) is 0 Å². The van der Waals surface area contributed by atoms with Gasteiger partial charge < -0.3 is 18.9 Å². The Labute approximate surface area is 163 Å². The molecule has 0 spiro atoms. The zero-order valence-electron chi connectivity index (χ0n) is 16.1. The molecule has 0 fully saturated rings. The van der Waals surface area contributed by atoms with Gasteiger partial charge in [-0.05, 0) is 18.6 Å². The minimum Gasteiger partial charge on any atom is -0.379 e. The van der Waals surface area contributed by atoms with Gasteiger partial charge in [0.25, 0.3) is 10.1 Å². The van der Waals surface area contributed by atoms with Crippen LogP contribution in [0.25, 0.3) is 0 Å². The highest BCUT2D eigenvalue weighted by Crippen LogP contribution is 2.10. The summed E-state index contributed by atoms with van der Waals surface area (Å²) in [4.78, 5) is 0.139. The second kappa shape index (κ2) is 16.0. The van der Waals surface area contributed by atoms with E-state index >= 15 is 0 Å². The van der Waals surface area contributed by atoms with Crippen molar-refractivity contribution in [3.8, 4) is 0 Å². The average molecular weight is 405 g/mol. The number of hydrogen-bond donors (Lipinski definition) is 0. The van der Waals surface area contributed by atoms with Gasteiger partial charge in [-0.25, -0.2) is 0 Å². The highest BCUT2D eigenvalue weighted by molar-refractivity contribution is 7.86. The van der Waals surface area contributed by atoms with Crippen LogP contribution in [0.1, 0.15) is 26.2 Å². The molecule has 0 bridgehead atoms. The van der Waals surface area contributed by atoms with Crippen molar-refractivity contribution in [2.24, 2.45) is 0 Å². The van der Waals surface area contributed by atoms with Gasteiger partial charge in [0.1, 0.15) is 0 Å². The molecule has 1 aromatic rings. The second-order valence-electron chi connectivity index (χ2n) is 5.75. The average Bonchev–Trinajstić information content (AvgIpc) is 2.68. The molecule has 8 heteroatoms. The lowest BCUT2D eigenvalue weighted by Crippen LogP contribution is -2.15. The molecule has 0 unspecified atom stereocenters. The Balaban J connectivity index is 1.84. The largest absolute Gasteiger partial charge is 0.379 e. The van der Waals surface area contributed by atoms with E-state index in [1.807, 2.05) is 0 Å². The van der Waals surface area contributed by atoms with Crippen LogP contribution < -0.4 is 0 Å². The van der Waals surface area contributed by atoms with E-state index in [1.165, 1.54) is 25.0 Å². The molecule has 0 amide bonds. The maximum atomic E-state index is 11.9. The molecule has 0 N–H and O–H groups in total. The molecule has 27 heavy (non-hydrogen) atoms. The lowest BCUT2D eigenvalue weighted by Gasteiger charge is -2.08. The predicted molar refractivity (Wildman–Crippen MR) is 102 cm³/mol. The van der Waals surface area contributed by atoms with E-state index in [2.05, 4.69) is 6.92 Å². The van der Waals surface area contributed by atoms with Gasteiger partial charge in [-0.1, -0.05) is 38.0 Å². The third-order valence-corrected chi connectivity index (χ3v) is 4.83. The van der Waals surface area contributed by atoms with Crippen molar-refractivity contribution in [1.82, 2.24) is 0 Å². The minimum atomic E-state index is -3.72. The van der Waals surface area contributed by atoms with Crippen molar-refractivity contribution in [3.05, 3.63) is 30.3 Å². The molecule has 156 valence electrons. The summed E-state index contributed by atoms with van der Waals surface area (Å²) in [6, 6.07) is 8.02. The van der Waals surface area contributed by atoms with Crippen LogP contribution in [0.5, 0.6) is 0 Å². The van der Waals surface area contributed by atoms with Gasteiger partial charge in [0.2, 0.25) is 0 Å². The first-order valence-corrected chi connectivity index (χ1v) is 10.8. The highest BCUT2D eigenvalue weighted by atomic mass is 32.2. The van der Waals surface area contributed by atoms with E-state index in [9.17, 15) is 8.42 Å². The molecule has 0 aliphatic carbocycles. The molecule has 0 heterocycles. The second-order valence-corrected chi connectivity index (χ2v) is 7.36. The van der Waals surface area contributed by atoms with Crippen molar-refractivity contribution < 1.29 is 31.5 Å². The molecular weight excluding hydrogens is 372 g/mol. The summed E-state index contributed by atoms with van der Waals surface area (Å²) in [5.41, 5.74) is 0. The summed E-state index contributed by atoms with van der Waals surface area (Å²) >= 11 is 0. The fourth-order valence-electron chi connectivity index (χ4n) is 2.07. The van der Waals surface area contributed by atoms with E-state index in [0.29, 0.717) is 39.6 Å². The first-order chi connectivity index (χ1) is 13.2. The number of unbranched alkanes of at least 4 members (excludes halogenated alkanes) is 2. The van der Waals surface area contributed by atoms with E-state index in [1.54, 1.807) is 18.2 Å². The van der Waals surface area contributed by atoms with Crippen molar-refractivity contribution >= 4 is 10.1 Å². The van der Waals surface area contributed by atoms with Crippen molar-refractivity contribution in [2.45, 2.75) is 31.1 Å². The fourth-order valence-corrected chi connectivity index (χ4v) is 2.99. The first kappa shape index (κ1) is 24.0. The fraction of sp³-hybridized carbons (Fsp3) is 0.684. The summed E-state index contributed by atoms with van der Waals surface area (Å²) in [6.07, 6.45) is 3.50. The van der Waals surface area contributed by atoms with Crippen molar-refractivity contribution in [3.63, 3.8) is 0 Å². The zero-order chi connectivity index (χ0) is 19.6. The molecular formula is C19H32O7S. The molecule has 0 radical (unpaired) electrons. The predicted octanol–water partition coefficient (Wildman–Crippen LogP) is 2.65. The van der Waals surface area contributed by atoms with Gasteiger partial charge in [-0.2, -0.15) is 8.42 Å². The highest BCUT2D eigenvalue weighted by Gasteiger charge is 2.13. The third kappa shape index (κ3) is 12.9. The zero-order valence-corrected chi connectivity index (χ0v) is 17.0. The van der Waals surface area contributed by atoms with Gasteiger partial charge in [0, 0.05) is 6.61 Å². The van der Waals surface area contributed by atoms with E-state index < -0.39 is 10.1 Å². The lowest BCUT2D eigenvalue weighted by molar-refractivity contribution is -0.00466. The summed E-state index contributed by atoms with van der Waals surface area (Å²) in [7, 11) is -3.72. The van der Waals surface area contributed by atoms with Crippen LogP contribution >= 0.6 is 0 Å². The number of rotatable bonds is 18. The summed E-state index contributed by atoms with van der Waals surface area (Å²) < 4.78 is 50.1. The number of hydrogen-bond acceptors (Lipinski definition) is 7. The normalized spacial score (nSPS) is 11.7. The molecule has 0 aliphatic heterocycles. The number of ether oxygens (including phenoxy) is 4. The third-order valence-electron chi connectivity index (χ3n) is 3.51. The maximum absolute atomic E-state index is 11.9. The lowest BCUT2D eigenvalue weighted by atomic mass is 10.3. The molecule has 1 rings (SSSR count). The Morgan fingerprint density at radius 1 is 0.667 bits per heavy atom. The standard InChI is InChI=1S/C19H32O7S/c1-2-3-7-10-22-11-12-23-13-14-24-15-16-25-17-18-26-27(20,21)19-8-5-4-6-9-19/h4-6,8-9H,2-3,7,10-18H2,1H3. The van der Waals surface area contributed by atoms with Crippen molar-refractivity contribution in [1.29, 1.82) is 0 Å². The maximum Gasteiger partial charge on any atom is 0.297 e. The molecule has 0 saturated heterocycles. The Morgan fingerprint density at radius 2 is 1.15 bits per heavy atom. The van der Waals surface area contributed by atoms with Crippen molar-refractivity contribution in [2.75, 3.05) is 59.5 Å². The van der Waals surface area contributed by atoms with E-state index in [4.69, 9.17) is 23.1 Å². The van der Waals surface area contributed by atoms with Gasteiger partial charge in [-0.15, -0.1) is 0 Å². The number of benzene rings is 1. The van der Waals surface area contributed by atoms with Gasteiger partial charge in [-0.3, -0.25) is 4.18 Å².